The number of carbonyl (C=O) groups is 2. The highest BCUT2D eigenvalue weighted by Gasteiger charge is 2.34. The van der Waals surface area contributed by atoms with Gasteiger partial charge >= 0.3 is 0 Å². The molecule has 0 unspecified atom stereocenters. The van der Waals surface area contributed by atoms with Crippen molar-refractivity contribution in [2.24, 2.45) is 5.92 Å². The molecule has 5 rings (SSSR count). The van der Waals surface area contributed by atoms with Crippen molar-refractivity contribution in [2.75, 3.05) is 13.1 Å². The predicted molar refractivity (Wildman–Crippen MR) is 122 cm³/mol. The molecule has 2 amide bonds. The van der Waals surface area contributed by atoms with Crippen LogP contribution in [0, 0.1) is 5.92 Å². The number of hydrogen-bond acceptors (Lipinski definition) is 5. The number of H-pyrrole nitrogens is 1. The first-order chi connectivity index (χ1) is 16.1. The lowest BCUT2D eigenvalue weighted by molar-refractivity contribution is -0.133. The lowest BCUT2D eigenvalue weighted by atomic mass is 9.86. The summed E-state index contributed by atoms with van der Waals surface area (Å²) in [5.74, 6) is 1.04. The minimum atomic E-state index is -0.261. The molecule has 1 atom stereocenters. The molecular weight excluding hydrogens is 418 g/mol. The van der Waals surface area contributed by atoms with Crippen molar-refractivity contribution in [1.29, 1.82) is 0 Å². The number of fused-ring (bicyclic) bond motifs is 1. The Morgan fingerprint density at radius 2 is 1.91 bits per heavy atom. The molecule has 174 valence electrons. The molecule has 4 heterocycles. The fraction of sp³-hybridized carbons (Fsp3) is 0.560. The molecule has 2 aromatic heterocycles. The third kappa shape index (κ3) is 4.56. The van der Waals surface area contributed by atoms with Gasteiger partial charge in [0.25, 0.3) is 11.5 Å². The van der Waals surface area contributed by atoms with Crippen molar-refractivity contribution in [3.63, 3.8) is 0 Å². The molecule has 0 aromatic carbocycles. The molecule has 0 bridgehead atoms. The maximum atomic E-state index is 13.0. The van der Waals surface area contributed by atoms with E-state index in [1.165, 1.54) is 19.3 Å². The third-order valence-corrected chi connectivity index (χ3v) is 7.34. The minimum Gasteiger partial charge on any atom is -0.338 e. The molecular formula is C25H31N5O3. The second kappa shape index (κ2) is 9.45. The van der Waals surface area contributed by atoms with Crippen molar-refractivity contribution in [3.05, 3.63) is 57.5 Å². The molecule has 1 aliphatic carbocycles. The number of amides is 2. The van der Waals surface area contributed by atoms with E-state index in [1.807, 2.05) is 4.90 Å². The average Bonchev–Trinajstić information content (AvgIpc) is 3.34. The third-order valence-electron chi connectivity index (χ3n) is 7.34. The quantitative estimate of drug-likeness (QED) is 0.774. The molecule has 2 aromatic rings. The van der Waals surface area contributed by atoms with Crippen LogP contribution >= 0.6 is 0 Å². The molecule has 1 saturated carbocycles. The predicted octanol–water partition coefficient (Wildman–Crippen LogP) is 3.00. The summed E-state index contributed by atoms with van der Waals surface area (Å²) in [6.45, 7) is 1.53. The average molecular weight is 450 g/mol. The van der Waals surface area contributed by atoms with E-state index < -0.39 is 0 Å². The Kier molecular flexibility index (Phi) is 6.24. The number of pyridine rings is 1. The summed E-state index contributed by atoms with van der Waals surface area (Å²) in [7, 11) is 0. The van der Waals surface area contributed by atoms with Gasteiger partial charge in [-0.15, -0.1) is 0 Å². The molecule has 0 spiro atoms. The van der Waals surface area contributed by atoms with Gasteiger partial charge in [0.15, 0.2) is 0 Å². The molecule has 2 fully saturated rings. The van der Waals surface area contributed by atoms with Gasteiger partial charge in [-0.25, -0.2) is 4.98 Å². The van der Waals surface area contributed by atoms with Crippen LogP contribution < -0.4 is 5.56 Å². The van der Waals surface area contributed by atoms with Gasteiger partial charge in [0.05, 0.1) is 23.8 Å². The second-order valence-corrected chi connectivity index (χ2v) is 9.52. The molecule has 3 aliphatic rings. The van der Waals surface area contributed by atoms with E-state index in [1.54, 1.807) is 29.3 Å². The maximum Gasteiger partial charge on any atom is 0.273 e. The van der Waals surface area contributed by atoms with E-state index in [9.17, 15) is 14.4 Å². The smallest absolute Gasteiger partial charge is 0.273 e. The summed E-state index contributed by atoms with van der Waals surface area (Å²) in [4.78, 5) is 54.3. The van der Waals surface area contributed by atoms with Crippen LogP contribution in [0.1, 0.15) is 85.0 Å². The second-order valence-electron chi connectivity index (χ2n) is 9.52. The number of aromatic amines is 1. The van der Waals surface area contributed by atoms with Crippen molar-refractivity contribution in [2.45, 2.75) is 70.4 Å². The summed E-state index contributed by atoms with van der Waals surface area (Å²) in [5.41, 5.74) is 1.55. The van der Waals surface area contributed by atoms with Gasteiger partial charge in [-0.05, 0) is 43.7 Å². The largest absolute Gasteiger partial charge is 0.338 e. The number of nitrogens with zero attached hydrogens (tertiary/aromatic N) is 4. The number of aromatic nitrogens is 3. The Morgan fingerprint density at radius 1 is 1.06 bits per heavy atom. The summed E-state index contributed by atoms with van der Waals surface area (Å²) in [6.07, 6.45) is 10.4. The van der Waals surface area contributed by atoms with Gasteiger partial charge in [0.1, 0.15) is 11.5 Å². The van der Waals surface area contributed by atoms with Crippen LogP contribution in [0.5, 0.6) is 0 Å². The number of likely N-dealkylation sites (tertiary alicyclic amines) is 1. The van der Waals surface area contributed by atoms with Crippen LogP contribution in [0.15, 0.2) is 29.2 Å². The Balaban J connectivity index is 1.31. The fourth-order valence-electron chi connectivity index (χ4n) is 5.51. The van der Waals surface area contributed by atoms with Gasteiger partial charge in [0, 0.05) is 32.1 Å². The van der Waals surface area contributed by atoms with E-state index >= 15 is 0 Å². The van der Waals surface area contributed by atoms with Crippen molar-refractivity contribution < 1.29 is 9.59 Å². The van der Waals surface area contributed by atoms with Crippen LogP contribution in [0.4, 0.5) is 0 Å². The van der Waals surface area contributed by atoms with Gasteiger partial charge in [-0.2, -0.15) is 0 Å². The highest BCUT2D eigenvalue weighted by Crippen LogP contribution is 2.32. The highest BCUT2D eigenvalue weighted by atomic mass is 16.2. The maximum absolute atomic E-state index is 13.0. The Bertz CT molecular complexity index is 1080. The van der Waals surface area contributed by atoms with Crippen molar-refractivity contribution in [1.82, 2.24) is 24.8 Å². The Hall–Kier alpha value is -3.03. The first-order valence-electron chi connectivity index (χ1n) is 12.2. The highest BCUT2D eigenvalue weighted by molar-refractivity contribution is 5.92. The van der Waals surface area contributed by atoms with Crippen molar-refractivity contribution >= 4 is 11.8 Å². The summed E-state index contributed by atoms with van der Waals surface area (Å²) in [6, 6.07) is 5.03. The van der Waals surface area contributed by atoms with E-state index in [0.717, 1.165) is 31.4 Å². The van der Waals surface area contributed by atoms with E-state index in [-0.39, 0.29) is 23.4 Å². The topological polar surface area (TPSA) is 99.3 Å². The van der Waals surface area contributed by atoms with Gasteiger partial charge in [-0.3, -0.25) is 19.4 Å². The number of nitrogens with one attached hydrogen (secondary N) is 1. The Morgan fingerprint density at radius 3 is 2.70 bits per heavy atom. The van der Waals surface area contributed by atoms with Gasteiger partial charge in [-0.1, -0.05) is 25.3 Å². The van der Waals surface area contributed by atoms with Gasteiger partial charge < -0.3 is 14.8 Å². The molecule has 2 aliphatic heterocycles. The van der Waals surface area contributed by atoms with Crippen LogP contribution in [-0.4, -0.2) is 49.7 Å². The first kappa shape index (κ1) is 21.8. The van der Waals surface area contributed by atoms with Crippen LogP contribution in [0.2, 0.25) is 0 Å². The summed E-state index contributed by atoms with van der Waals surface area (Å²) in [5, 5.41) is 0. The van der Waals surface area contributed by atoms with E-state index in [2.05, 4.69) is 9.97 Å². The molecule has 8 nitrogen and oxygen atoms in total. The minimum absolute atomic E-state index is 0.141. The number of carbonyl (C=O) groups excluding carboxylic acids is 2. The number of hydrogen-bond donors (Lipinski definition) is 1. The summed E-state index contributed by atoms with van der Waals surface area (Å²) >= 11 is 0. The van der Waals surface area contributed by atoms with Crippen molar-refractivity contribution in [3.8, 4) is 0 Å². The normalized spacial score (nSPS) is 21.2. The van der Waals surface area contributed by atoms with Crippen LogP contribution in [0.3, 0.4) is 0 Å². The monoisotopic (exact) mass is 449 g/mol. The zero-order valence-corrected chi connectivity index (χ0v) is 19.0. The van der Waals surface area contributed by atoms with Crippen LogP contribution in [-0.2, 0) is 17.8 Å². The Labute approximate surface area is 193 Å². The van der Waals surface area contributed by atoms with Gasteiger partial charge in [0.2, 0.25) is 5.91 Å². The lowest BCUT2D eigenvalue weighted by Crippen LogP contribution is -2.41. The first-order valence-corrected chi connectivity index (χ1v) is 12.2. The molecule has 0 radical (unpaired) electrons. The molecule has 1 saturated heterocycles. The molecule has 1 N–H and O–H groups in total. The summed E-state index contributed by atoms with van der Waals surface area (Å²) < 4.78 is 0. The van der Waals surface area contributed by atoms with E-state index in [0.29, 0.717) is 55.5 Å². The zero-order chi connectivity index (χ0) is 22.8. The van der Waals surface area contributed by atoms with Crippen LogP contribution in [0.25, 0.3) is 0 Å². The zero-order valence-electron chi connectivity index (χ0n) is 19.0. The number of rotatable bonds is 4. The molecule has 8 heteroatoms. The SMILES string of the molecule is O=C(CC1CCCCC1)N1CCc2nc([C@H]3CCCN3C(=O)c3ccccn3)[nH]c(=O)c2C1. The van der Waals surface area contributed by atoms with E-state index in [4.69, 9.17) is 4.98 Å². The fourth-order valence-corrected chi connectivity index (χ4v) is 5.51. The lowest BCUT2D eigenvalue weighted by Gasteiger charge is -2.31. The standard InChI is InChI=1S/C25H31N5O3/c31-22(15-17-7-2-1-3-8-17)29-14-11-19-18(16-29)24(32)28-23(27-19)21-10-6-13-30(21)25(33)20-9-4-5-12-26-20/h4-5,9,12,17,21H,1-3,6-8,10-11,13-16H2,(H,27,28,32)/t21-/m1/s1. The molecule has 33 heavy (non-hydrogen) atoms.